The molecule has 8 nitrogen and oxygen atoms in total. The summed E-state index contributed by atoms with van der Waals surface area (Å²) in [4.78, 5) is 22.9. The number of hydrogen-bond acceptors (Lipinski definition) is 5. The Labute approximate surface area is 119 Å². The normalized spacial score (nSPS) is 19.0. The van der Waals surface area contributed by atoms with Crippen LogP contribution in [0.5, 0.6) is 0 Å². The number of benzene rings is 1. The van der Waals surface area contributed by atoms with Gasteiger partial charge in [-0.3, -0.25) is 14.9 Å². The summed E-state index contributed by atoms with van der Waals surface area (Å²) in [7, 11) is -3.71. The first kappa shape index (κ1) is 15.3. The van der Waals surface area contributed by atoms with Gasteiger partial charge in [0, 0.05) is 24.9 Å². The molecule has 21 heavy (non-hydrogen) atoms. The number of nitrogens with two attached hydrogens (primary N) is 1. The summed E-state index contributed by atoms with van der Waals surface area (Å²) >= 11 is 0. The van der Waals surface area contributed by atoms with E-state index in [1.165, 1.54) is 11.0 Å². The number of anilines is 1. The molecule has 2 rings (SSSR count). The van der Waals surface area contributed by atoms with Gasteiger partial charge in [0.1, 0.15) is 0 Å². The average Bonchev–Trinajstić information content (AvgIpc) is 2.68. The van der Waals surface area contributed by atoms with Gasteiger partial charge in [0.05, 0.1) is 16.4 Å². The topological polar surface area (TPSA) is 124 Å². The van der Waals surface area contributed by atoms with Gasteiger partial charge in [-0.15, -0.1) is 0 Å². The lowest BCUT2D eigenvalue weighted by Gasteiger charge is -2.16. The highest BCUT2D eigenvalue weighted by Crippen LogP contribution is 2.29. The molecule has 10 heteroatoms. The third-order valence-electron chi connectivity index (χ3n) is 3.11. The fourth-order valence-corrected chi connectivity index (χ4v) is 3.16. The number of hydrogen-bond donors (Lipinski definition) is 1. The van der Waals surface area contributed by atoms with Gasteiger partial charge in [0.15, 0.2) is 0 Å². The molecule has 0 aromatic heterocycles. The van der Waals surface area contributed by atoms with Crippen LogP contribution in [0.2, 0.25) is 0 Å². The Hall–Kier alpha value is -2.07. The zero-order valence-electron chi connectivity index (χ0n) is 10.7. The van der Waals surface area contributed by atoms with Crippen molar-refractivity contribution < 1.29 is 22.5 Å². The van der Waals surface area contributed by atoms with Crippen molar-refractivity contribution >= 4 is 27.3 Å². The van der Waals surface area contributed by atoms with Crippen LogP contribution in [-0.4, -0.2) is 31.5 Å². The van der Waals surface area contributed by atoms with E-state index in [0.717, 1.165) is 12.1 Å². The van der Waals surface area contributed by atoms with Gasteiger partial charge in [-0.2, -0.15) is 4.39 Å². The van der Waals surface area contributed by atoms with Crippen LogP contribution in [0.4, 0.5) is 15.8 Å². The predicted molar refractivity (Wildman–Crippen MR) is 71.5 cm³/mol. The van der Waals surface area contributed by atoms with Crippen LogP contribution in [0, 0.1) is 21.8 Å². The standard InChI is InChI=1S/C11H12FN3O5S/c12-9-2-1-8(4-10(9)15(17)18)14-5-7(3-11(14)16)6-21(13,19)20/h1-2,4,7H,3,5-6H2,(H2,13,19,20). The Kier molecular flexibility index (Phi) is 3.92. The molecule has 1 saturated heterocycles. The summed E-state index contributed by atoms with van der Waals surface area (Å²) in [6, 6.07) is 3.08. The van der Waals surface area contributed by atoms with E-state index < -0.39 is 32.4 Å². The van der Waals surface area contributed by atoms with E-state index in [9.17, 15) is 27.7 Å². The Morgan fingerprint density at radius 1 is 1.48 bits per heavy atom. The first-order valence-corrected chi connectivity index (χ1v) is 7.63. The van der Waals surface area contributed by atoms with Crippen LogP contribution in [0.1, 0.15) is 6.42 Å². The largest absolute Gasteiger partial charge is 0.312 e. The smallest absolute Gasteiger partial charge is 0.306 e. The number of nitrogens with zero attached hydrogens (tertiary/aromatic N) is 2. The molecule has 1 aromatic carbocycles. The SMILES string of the molecule is NS(=O)(=O)CC1CC(=O)N(c2ccc(F)c([N+](=O)[O-])c2)C1. The van der Waals surface area contributed by atoms with E-state index in [1.807, 2.05) is 0 Å². The highest BCUT2D eigenvalue weighted by molar-refractivity contribution is 7.89. The fraction of sp³-hybridized carbons (Fsp3) is 0.364. The number of carbonyl (C=O) groups is 1. The average molecular weight is 317 g/mol. The summed E-state index contributed by atoms with van der Waals surface area (Å²) in [5.41, 5.74) is -0.583. The molecule has 1 unspecified atom stereocenters. The van der Waals surface area contributed by atoms with E-state index in [1.54, 1.807) is 0 Å². The van der Waals surface area contributed by atoms with Gasteiger partial charge < -0.3 is 4.90 Å². The highest BCUT2D eigenvalue weighted by atomic mass is 32.2. The Balaban J connectivity index is 2.25. The Morgan fingerprint density at radius 2 is 2.14 bits per heavy atom. The molecule has 0 saturated carbocycles. The van der Waals surface area contributed by atoms with Crippen molar-refractivity contribution in [3.05, 3.63) is 34.1 Å². The molecule has 0 aliphatic carbocycles. The molecule has 1 amide bonds. The van der Waals surface area contributed by atoms with E-state index in [2.05, 4.69) is 0 Å². The second kappa shape index (κ2) is 5.37. The summed E-state index contributed by atoms with van der Waals surface area (Å²) in [5, 5.41) is 15.6. The van der Waals surface area contributed by atoms with E-state index >= 15 is 0 Å². The first-order chi connectivity index (χ1) is 9.67. The second-order valence-corrected chi connectivity index (χ2v) is 6.46. The minimum atomic E-state index is -3.71. The third kappa shape index (κ3) is 3.52. The molecule has 1 heterocycles. The lowest BCUT2D eigenvalue weighted by Crippen LogP contribution is -2.27. The highest BCUT2D eigenvalue weighted by Gasteiger charge is 2.33. The van der Waals surface area contributed by atoms with Crippen molar-refractivity contribution in [3.8, 4) is 0 Å². The summed E-state index contributed by atoms with van der Waals surface area (Å²) < 4.78 is 35.3. The Morgan fingerprint density at radius 3 is 2.71 bits per heavy atom. The molecule has 0 spiro atoms. The van der Waals surface area contributed by atoms with Gasteiger partial charge in [-0.1, -0.05) is 0 Å². The molecule has 1 atom stereocenters. The van der Waals surface area contributed by atoms with Crippen molar-refractivity contribution in [2.24, 2.45) is 11.1 Å². The summed E-state index contributed by atoms with van der Waals surface area (Å²) in [6.45, 7) is 0.0675. The van der Waals surface area contributed by atoms with Crippen molar-refractivity contribution in [2.45, 2.75) is 6.42 Å². The van der Waals surface area contributed by atoms with Gasteiger partial charge in [0.2, 0.25) is 21.7 Å². The van der Waals surface area contributed by atoms with Crippen molar-refractivity contribution in [1.29, 1.82) is 0 Å². The summed E-state index contributed by atoms with van der Waals surface area (Å²) in [5.74, 6) is -2.23. The number of primary sulfonamides is 1. The fourth-order valence-electron chi connectivity index (χ4n) is 2.28. The molecular weight excluding hydrogens is 305 g/mol. The number of nitro benzene ring substituents is 1. The van der Waals surface area contributed by atoms with Gasteiger partial charge >= 0.3 is 5.69 Å². The van der Waals surface area contributed by atoms with Gasteiger partial charge in [-0.25, -0.2) is 13.6 Å². The minimum Gasteiger partial charge on any atom is -0.312 e. The predicted octanol–water partition coefficient (Wildman–Crippen LogP) is 0.375. The molecular formula is C11H12FN3O5S. The van der Waals surface area contributed by atoms with Crippen molar-refractivity contribution in [1.82, 2.24) is 0 Å². The van der Waals surface area contributed by atoms with Gasteiger partial charge in [0.25, 0.3) is 0 Å². The van der Waals surface area contributed by atoms with Crippen LogP contribution >= 0.6 is 0 Å². The Bertz CT molecular complexity index is 706. The lowest BCUT2D eigenvalue weighted by atomic mass is 10.1. The number of rotatable bonds is 4. The van der Waals surface area contributed by atoms with Crippen LogP contribution < -0.4 is 10.0 Å². The van der Waals surface area contributed by atoms with Crippen LogP contribution in [0.25, 0.3) is 0 Å². The monoisotopic (exact) mass is 317 g/mol. The van der Waals surface area contributed by atoms with Crippen molar-refractivity contribution in [2.75, 3.05) is 17.2 Å². The van der Waals surface area contributed by atoms with E-state index in [0.29, 0.717) is 0 Å². The number of amides is 1. The van der Waals surface area contributed by atoms with E-state index in [4.69, 9.17) is 5.14 Å². The van der Waals surface area contributed by atoms with Crippen molar-refractivity contribution in [3.63, 3.8) is 0 Å². The number of halogens is 1. The minimum absolute atomic E-state index is 0.0262. The zero-order valence-corrected chi connectivity index (χ0v) is 11.5. The number of sulfonamides is 1. The maximum absolute atomic E-state index is 13.3. The van der Waals surface area contributed by atoms with Gasteiger partial charge in [-0.05, 0) is 12.1 Å². The molecule has 2 N–H and O–H groups in total. The number of carbonyl (C=O) groups excluding carboxylic acids is 1. The van der Waals surface area contributed by atoms with E-state index in [-0.39, 0.29) is 30.3 Å². The molecule has 1 aromatic rings. The lowest BCUT2D eigenvalue weighted by molar-refractivity contribution is -0.387. The molecule has 1 aliphatic heterocycles. The third-order valence-corrected chi connectivity index (χ3v) is 4.05. The molecule has 1 aliphatic rings. The van der Waals surface area contributed by atoms with Crippen LogP contribution in [0.15, 0.2) is 18.2 Å². The maximum Gasteiger partial charge on any atom is 0.306 e. The molecule has 114 valence electrons. The molecule has 0 bridgehead atoms. The van der Waals surface area contributed by atoms with Crippen LogP contribution in [-0.2, 0) is 14.8 Å². The quantitative estimate of drug-likeness (QED) is 0.635. The molecule has 0 radical (unpaired) electrons. The maximum atomic E-state index is 13.3. The molecule has 1 fully saturated rings. The first-order valence-electron chi connectivity index (χ1n) is 5.92. The van der Waals surface area contributed by atoms with Crippen LogP contribution in [0.3, 0.4) is 0 Å². The second-order valence-electron chi connectivity index (χ2n) is 4.80. The summed E-state index contributed by atoms with van der Waals surface area (Å²) in [6.07, 6.45) is -0.0262. The zero-order chi connectivity index (χ0) is 15.8. The number of nitro groups is 1.